The van der Waals surface area contributed by atoms with Crippen LogP contribution in [0.5, 0.6) is 5.75 Å². The summed E-state index contributed by atoms with van der Waals surface area (Å²) in [4.78, 5) is 35.1. The minimum absolute atomic E-state index is 0.168. The highest BCUT2D eigenvalue weighted by molar-refractivity contribution is 8.00. The smallest absolute Gasteiger partial charge is 0.251 e. The van der Waals surface area contributed by atoms with Crippen molar-refractivity contribution in [3.63, 3.8) is 0 Å². The lowest BCUT2D eigenvalue weighted by Gasteiger charge is -2.11. The Labute approximate surface area is 157 Å². The van der Waals surface area contributed by atoms with Gasteiger partial charge < -0.3 is 15.0 Å². The van der Waals surface area contributed by atoms with E-state index in [2.05, 4.69) is 20.3 Å². The highest BCUT2D eigenvalue weighted by Gasteiger charge is 2.17. The SMILES string of the molecule is CC(Sc1nc(COc2ccccc2)cc(=O)[nH]1)C(=O)Nc1nccs1. The molecule has 134 valence electrons. The van der Waals surface area contributed by atoms with E-state index in [4.69, 9.17) is 4.74 Å². The molecular formula is C17H16N4O3S2. The van der Waals surface area contributed by atoms with E-state index in [1.165, 1.54) is 29.2 Å². The third-order valence-corrected chi connectivity index (χ3v) is 4.90. The molecule has 3 rings (SSSR count). The van der Waals surface area contributed by atoms with Gasteiger partial charge in [-0.25, -0.2) is 9.97 Å². The van der Waals surface area contributed by atoms with Gasteiger partial charge in [0, 0.05) is 17.6 Å². The van der Waals surface area contributed by atoms with Crippen molar-refractivity contribution < 1.29 is 9.53 Å². The van der Waals surface area contributed by atoms with Crippen LogP contribution in [0.2, 0.25) is 0 Å². The van der Waals surface area contributed by atoms with Crippen molar-refractivity contribution in [3.05, 3.63) is 64.0 Å². The first-order chi connectivity index (χ1) is 12.6. The zero-order valence-electron chi connectivity index (χ0n) is 13.8. The molecular weight excluding hydrogens is 372 g/mol. The first kappa shape index (κ1) is 18.2. The van der Waals surface area contributed by atoms with Gasteiger partial charge in [0.1, 0.15) is 12.4 Å². The van der Waals surface area contributed by atoms with E-state index in [-0.39, 0.29) is 18.1 Å². The number of carbonyl (C=O) groups is 1. The first-order valence-corrected chi connectivity index (χ1v) is 9.51. The summed E-state index contributed by atoms with van der Waals surface area (Å²) >= 11 is 2.51. The lowest BCUT2D eigenvalue weighted by atomic mass is 10.3. The number of nitrogens with one attached hydrogen (secondary N) is 2. The Balaban J connectivity index is 1.63. The lowest BCUT2D eigenvalue weighted by molar-refractivity contribution is -0.115. The maximum absolute atomic E-state index is 12.2. The summed E-state index contributed by atoms with van der Waals surface area (Å²) < 4.78 is 5.61. The number of hydrogen-bond acceptors (Lipinski definition) is 7. The number of anilines is 1. The van der Waals surface area contributed by atoms with Crippen LogP contribution in [0.1, 0.15) is 12.6 Å². The molecule has 2 aromatic heterocycles. The largest absolute Gasteiger partial charge is 0.487 e. The zero-order chi connectivity index (χ0) is 18.4. The fourth-order valence-corrected chi connectivity index (χ4v) is 3.36. The monoisotopic (exact) mass is 388 g/mol. The van der Waals surface area contributed by atoms with Crippen molar-refractivity contribution in [1.29, 1.82) is 0 Å². The molecule has 0 aliphatic carbocycles. The second-order valence-electron chi connectivity index (χ2n) is 5.23. The van der Waals surface area contributed by atoms with Crippen LogP contribution in [0, 0.1) is 0 Å². The van der Waals surface area contributed by atoms with Crippen LogP contribution in [0.15, 0.2) is 57.9 Å². The molecule has 0 aliphatic heterocycles. The number of para-hydroxylation sites is 1. The van der Waals surface area contributed by atoms with E-state index in [0.29, 0.717) is 21.7 Å². The van der Waals surface area contributed by atoms with Crippen molar-refractivity contribution in [2.24, 2.45) is 0 Å². The van der Waals surface area contributed by atoms with Gasteiger partial charge in [0.25, 0.3) is 5.56 Å². The van der Waals surface area contributed by atoms with Crippen LogP contribution in [0.3, 0.4) is 0 Å². The molecule has 26 heavy (non-hydrogen) atoms. The van der Waals surface area contributed by atoms with Gasteiger partial charge in [-0.15, -0.1) is 11.3 Å². The molecule has 0 bridgehead atoms. The molecule has 2 heterocycles. The third kappa shape index (κ3) is 5.17. The van der Waals surface area contributed by atoms with E-state index >= 15 is 0 Å². The van der Waals surface area contributed by atoms with E-state index in [0.717, 1.165) is 0 Å². The summed E-state index contributed by atoms with van der Waals surface area (Å²) in [7, 11) is 0. The number of ether oxygens (including phenoxy) is 1. The molecule has 1 unspecified atom stereocenters. The number of aromatic nitrogens is 3. The number of hydrogen-bond donors (Lipinski definition) is 2. The number of nitrogens with zero attached hydrogens (tertiary/aromatic N) is 2. The number of thioether (sulfide) groups is 1. The molecule has 1 atom stereocenters. The van der Waals surface area contributed by atoms with Gasteiger partial charge in [0.15, 0.2) is 10.3 Å². The fraction of sp³-hybridized carbons (Fsp3) is 0.176. The molecule has 0 radical (unpaired) electrons. The number of carbonyl (C=O) groups excluding carboxylic acids is 1. The number of H-pyrrole nitrogens is 1. The average molecular weight is 388 g/mol. The average Bonchev–Trinajstić information content (AvgIpc) is 3.13. The summed E-state index contributed by atoms with van der Waals surface area (Å²) in [6, 6.07) is 10.7. The van der Waals surface area contributed by atoms with Crippen LogP contribution in [0.4, 0.5) is 5.13 Å². The van der Waals surface area contributed by atoms with Crippen molar-refractivity contribution >= 4 is 34.1 Å². The Morgan fingerprint density at radius 1 is 1.38 bits per heavy atom. The highest BCUT2D eigenvalue weighted by Crippen LogP contribution is 2.21. The molecule has 3 aromatic rings. The normalized spacial score (nSPS) is 11.7. The fourth-order valence-electron chi connectivity index (χ4n) is 2.00. The molecule has 0 spiro atoms. The number of benzene rings is 1. The van der Waals surface area contributed by atoms with Crippen LogP contribution in [-0.2, 0) is 11.4 Å². The maximum Gasteiger partial charge on any atom is 0.251 e. The van der Waals surface area contributed by atoms with Crippen LogP contribution in [0.25, 0.3) is 0 Å². The number of aromatic amines is 1. The van der Waals surface area contributed by atoms with Crippen molar-refractivity contribution in [3.8, 4) is 5.75 Å². The summed E-state index contributed by atoms with van der Waals surface area (Å²) in [6.45, 7) is 1.90. The van der Waals surface area contributed by atoms with Crippen LogP contribution < -0.4 is 15.6 Å². The number of amides is 1. The minimum atomic E-state index is -0.452. The predicted octanol–water partition coefficient (Wildman–Crippen LogP) is 2.92. The van der Waals surface area contributed by atoms with Gasteiger partial charge in [-0.05, 0) is 19.1 Å². The summed E-state index contributed by atoms with van der Waals surface area (Å²) in [5, 5.41) is 4.95. The second kappa shape index (κ2) is 8.63. The van der Waals surface area contributed by atoms with E-state index in [1.807, 2.05) is 30.3 Å². The Bertz CT molecular complexity index is 913. The van der Waals surface area contributed by atoms with E-state index < -0.39 is 5.25 Å². The molecule has 2 N–H and O–H groups in total. The molecule has 0 fully saturated rings. The molecule has 9 heteroatoms. The summed E-state index contributed by atoms with van der Waals surface area (Å²) in [6.07, 6.45) is 1.62. The molecule has 1 aromatic carbocycles. The van der Waals surface area contributed by atoms with Crippen molar-refractivity contribution in [1.82, 2.24) is 15.0 Å². The van der Waals surface area contributed by atoms with Crippen LogP contribution in [-0.4, -0.2) is 26.1 Å². The van der Waals surface area contributed by atoms with Gasteiger partial charge in [-0.3, -0.25) is 9.59 Å². The molecule has 0 aliphatic rings. The van der Waals surface area contributed by atoms with E-state index in [1.54, 1.807) is 18.5 Å². The zero-order valence-corrected chi connectivity index (χ0v) is 15.5. The first-order valence-electron chi connectivity index (χ1n) is 7.75. The van der Waals surface area contributed by atoms with Crippen LogP contribution >= 0.6 is 23.1 Å². The minimum Gasteiger partial charge on any atom is -0.487 e. The van der Waals surface area contributed by atoms with E-state index in [9.17, 15) is 9.59 Å². The standard InChI is InChI=1S/C17H16N4O3S2/c1-11(15(23)21-16-18-7-8-25-16)26-17-19-12(9-14(22)20-17)10-24-13-5-3-2-4-6-13/h2-9,11H,10H2,1H3,(H,18,21,23)(H,19,20,22). The number of rotatable bonds is 7. The number of thiazole rings is 1. The second-order valence-corrected chi connectivity index (χ2v) is 7.45. The third-order valence-electron chi connectivity index (χ3n) is 3.22. The van der Waals surface area contributed by atoms with Gasteiger partial charge in [-0.1, -0.05) is 30.0 Å². The van der Waals surface area contributed by atoms with Gasteiger partial charge in [0.05, 0.1) is 10.9 Å². The Morgan fingerprint density at radius 3 is 2.92 bits per heavy atom. The van der Waals surface area contributed by atoms with Crippen molar-refractivity contribution in [2.75, 3.05) is 5.32 Å². The lowest BCUT2D eigenvalue weighted by Crippen LogP contribution is -2.23. The van der Waals surface area contributed by atoms with Gasteiger partial charge >= 0.3 is 0 Å². The summed E-state index contributed by atoms with van der Waals surface area (Å²) in [5.41, 5.74) is 0.203. The predicted molar refractivity (Wildman–Crippen MR) is 102 cm³/mol. The summed E-state index contributed by atoms with van der Waals surface area (Å²) in [5.74, 6) is 0.485. The maximum atomic E-state index is 12.2. The quantitative estimate of drug-likeness (QED) is 0.477. The highest BCUT2D eigenvalue weighted by atomic mass is 32.2. The molecule has 1 amide bonds. The molecule has 0 saturated carbocycles. The Hall–Kier alpha value is -2.65. The topological polar surface area (TPSA) is 97.0 Å². The van der Waals surface area contributed by atoms with Gasteiger partial charge in [0.2, 0.25) is 5.91 Å². The Morgan fingerprint density at radius 2 is 2.19 bits per heavy atom. The molecule has 7 nitrogen and oxygen atoms in total. The Kier molecular flexibility index (Phi) is 6.03. The van der Waals surface area contributed by atoms with Crippen molar-refractivity contribution in [2.45, 2.75) is 23.9 Å². The molecule has 0 saturated heterocycles. The van der Waals surface area contributed by atoms with Gasteiger partial charge in [-0.2, -0.15) is 0 Å².